The molecule has 8 aromatic carbocycles. The minimum absolute atomic E-state index is 0.249. The normalized spacial score (nSPS) is 10.5. The van der Waals surface area contributed by atoms with E-state index in [2.05, 4.69) is 42.5 Å². The van der Waals surface area contributed by atoms with Crippen molar-refractivity contribution in [1.29, 1.82) is 0 Å². The van der Waals surface area contributed by atoms with E-state index < -0.39 is 0 Å². The van der Waals surface area contributed by atoms with Gasteiger partial charge in [-0.25, -0.2) is 19.2 Å². The second-order valence-corrected chi connectivity index (χ2v) is 18.6. The first-order chi connectivity index (χ1) is 40.3. The topological polar surface area (TPSA) is 201 Å². The molecule has 8 rings (SSSR count). The Morgan fingerprint density at radius 1 is 0.244 bits per heavy atom. The van der Waals surface area contributed by atoms with Crippen LogP contribution in [0.1, 0.15) is 44.5 Å². The predicted molar refractivity (Wildman–Crippen MR) is 319 cm³/mol. The largest absolute Gasteiger partial charge is 0.492 e. The fraction of sp³-hybridized carbons (Fsp3) is 0.182. The molecule has 420 valence electrons. The van der Waals surface area contributed by atoms with E-state index in [-0.39, 0.29) is 50.6 Å². The van der Waals surface area contributed by atoms with Crippen molar-refractivity contribution in [3.8, 4) is 23.0 Å². The van der Waals surface area contributed by atoms with Crippen molar-refractivity contribution in [2.75, 3.05) is 52.6 Å². The summed E-state index contributed by atoms with van der Waals surface area (Å²) in [6.07, 6.45) is 0. The van der Waals surface area contributed by atoms with Crippen LogP contribution in [-0.2, 0) is 26.2 Å². The van der Waals surface area contributed by atoms with Gasteiger partial charge in [0.25, 0.3) is 0 Å². The standard InChI is InChI=1S/C66H68N8O8/c75-63(71-45-49-13-5-1-6-14-49)67-37-41-79-57-29-21-53(22-30-57)61(54-23-31-58(32-24-54)80-42-38-68-64(76)72-46-50-15-7-2-8-16-50)62(55-25-33-59(34-26-55)81-43-39-69-65(77)73-47-51-17-9-3-10-18-51)56-27-35-60(36-28-56)82-44-40-70-66(78)74-48-52-19-11-4-12-20-52/h1-36H,37-48H2,(H2,67,71,75)(H2,68,72,76)(H2,69,73,77)(H2,70,74,78). The van der Waals surface area contributed by atoms with Crippen molar-refractivity contribution in [2.45, 2.75) is 26.2 Å². The van der Waals surface area contributed by atoms with Crippen LogP contribution in [0.25, 0.3) is 11.1 Å². The summed E-state index contributed by atoms with van der Waals surface area (Å²) in [5.74, 6) is 2.49. The second kappa shape index (κ2) is 32.0. The van der Waals surface area contributed by atoms with Crippen molar-refractivity contribution in [1.82, 2.24) is 42.5 Å². The van der Waals surface area contributed by atoms with E-state index in [1.165, 1.54) is 0 Å². The second-order valence-electron chi connectivity index (χ2n) is 18.6. The molecule has 0 bridgehead atoms. The van der Waals surface area contributed by atoms with Crippen LogP contribution in [0.4, 0.5) is 19.2 Å². The number of ether oxygens (including phenoxy) is 4. The number of nitrogens with one attached hydrogen (secondary N) is 8. The van der Waals surface area contributed by atoms with E-state index in [4.69, 9.17) is 18.9 Å². The Morgan fingerprint density at radius 3 is 0.634 bits per heavy atom. The summed E-state index contributed by atoms with van der Waals surface area (Å²) in [5, 5.41) is 22.9. The van der Waals surface area contributed by atoms with Crippen molar-refractivity contribution in [3.63, 3.8) is 0 Å². The summed E-state index contributed by atoms with van der Waals surface area (Å²) in [5.41, 5.74) is 9.33. The Kier molecular flexibility index (Phi) is 22.6. The molecule has 16 nitrogen and oxygen atoms in total. The lowest BCUT2D eigenvalue weighted by Crippen LogP contribution is -2.37. The van der Waals surface area contributed by atoms with E-state index in [0.717, 1.165) is 55.7 Å². The van der Waals surface area contributed by atoms with E-state index in [9.17, 15) is 19.2 Å². The third-order valence-electron chi connectivity index (χ3n) is 12.6. The minimum atomic E-state index is -0.285. The molecule has 0 fully saturated rings. The molecule has 0 atom stereocenters. The van der Waals surface area contributed by atoms with Gasteiger partial charge in [-0.2, -0.15) is 0 Å². The number of carbonyl (C=O) groups is 4. The lowest BCUT2D eigenvalue weighted by atomic mass is 9.85. The van der Waals surface area contributed by atoms with Crippen molar-refractivity contribution >= 4 is 35.3 Å². The summed E-state index contributed by atoms with van der Waals surface area (Å²) < 4.78 is 24.4. The van der Waals surface area contributed by atoms with Gasteiger partial charge in [0.05, 0.1) is 26.2 Å². The SMILES string of the molecule is O=C(NCCOc1ccc(C(=C(c2ccc(OCCNC(=O)NCc3ccccc3)cc2)c2ccc(OCCNC(=O)NCc3ccccc3)cc2)c2ccc(OCCNC(=O)NCc3ccccc3)cc2)cc1)NCc1ccccc1. The fourth-order valence-corrected chi connectivity index (χ4v) is 8.48. The number of rotatable bonds is 28. The maximum atomic E-state index is 12.5. The molecule has 16 heteroatoms. The lowest BCUT2D eigenvalue weighted by Gasteiger charge is -2.20. The molecule has 0 aliphatic rings. The van der Waals surface area contributed by atoms with Gasteiger partial charge in [0, 0.05) is 26.2 Å². The van der Waals surface area contributed by atoms with Gasteiger partial charge in [-0.15, -0.1) is 0 Å². The van der Waals surface area contributed by atoms with Crippen LogP contribution >= 0.6 is 0 Å². The first-order valence-corrected chi connectivity index (χ1v) is 27.2. The highest BCUT2D eigenvalue weighted by molar-refractivity contribution is 6.04. The molecule has 0 heterocycles. The minimum Gasteiger partial charge on any atom is -0.492 e. The highest BCUT2D eigenvalue weighted by Crippen LogP contribution is 2.39. The number of hydrogen-bond acceptors (Lipinski definition) is 8. The van der Waals surface area contributed by atoms with Crippen molar-refractivity contribution in [2.24, 2.45) is 0 Å². The Hall–Kier alpha value is -10.2. The lowest BCUT2D eigenvalue weighted by molar-refractivity contribution is 0.235. The highest BCUT2D eigenvalue weighted by Gasteiger charge is 2.18. The Morgan fingerprint density at radius 2 is 0.439 bits per heavy atom. The summed E-state index contributed by atoms with van der Waals surface area (Å²) in [4.78, 5) is 50.1. The summed E-state index contributed by atoms with van der Waals surface area (Å²) >= 11 is 0. The average Bonchev–Trinajstić information content (AvgIpc) is 3.71. The number of urea groups is 4. The molecule has 8 amide bonds. The number of benzene rings is 8. The molecule has 0 radical (unpaired) electrons. The van der Waals surface area contributed by atoms with Crippen LogP contribution in [0.5, 0.6) is 23.0 Å². The molecule has 8 aromatic rings. The predicted octanol–water partition coefficient (Wildman–Crippen LogP) is 10.2. The Balaban J connectivity index is 0.993. The Labute approximate surface area is 478 Å². The van der Waals surface area contributed by atoms with Crippen molar-refractivity contribution < 1.29 is 38.1 Å². The van der Waals surface area contributed by atoms with Gasteiger partial charge in [-0.05, 0) is 104 Å². The number of carbonyl (C=O) groups excluding carboxylic acids is 4. The molecule has 0 saturated heterocycles. The zero-order chi connectivity index (χ0) is 56.8. The molecule has 82 heavy (non-hydrogen) atoms. The molecule has 0 saturated carbocycles. The van der Waals surface area contributed by atoms with E-state index in [1.807, 2.05) is 218 Å². The summed E-state index contributed by atoms with van der Waals surface area (Å²) in [6.45, 7) is 3.83. The first-order valence-electron chi connectivity index (χ1n) is 27.2. The molecule has 0 aromatic heterocycles. The van der Waals surface area contributed by atoms with Crippen LogP contribution in [0, 0.1) is 0 Å². The van der Waals surface area contributed by atoms with Gasteiger partial charge in [0.15, 0.2) is 0 Å². The maximum Gasteiger partial charge on any atom is 0.315 e. The Bertz CT molecular complexity index is 2810. The zero-order valence-electron chi connectivity index (χ0n) is 45.5. The first kappa shape index (κ1) is 57.9. The van der Waals surface area contributed by atoms with Crippen LogP contribution in [0.15, 0.2) is 218 Å². The quantitative estimate of drug-likeness (QED) is 0.0175. The molecular formula is C66H68N8O8. The van der Waals surface area contributed by atoms with E-state index >= 15 is 0 Å². The van der Waals surface area contributed by atoms with Gasteiger partial charge in [-0.1, -0.05) is 170 Å². The molecular weight excluding hydrogens is 1030 g/mol. The molecule has 0 aliphatic heterocycles. The van der Waals surface area contributed by atoms with E-state index in [0.29, 0.717) is 75.4 Å². The molecule has 8 N–H and O–H groups in total. The summed E-state index contributed by atoms with van der Waals surface area (Å²) in [7, 11) is 0. The summed E-state index contributed by atoms with van der Waals surface area (Å²) in [6, 6.07) is 68.9. The molecule has 0 spiro atoms. The van der Waals surface area contributed by atoms with E-state index in [1.54, 1.807) is 0 Å². The third-order valence-corrected chi connectivity index (χ3v) is 12.6. The van der Waals surface area contributed by atoms with Crippen LogP contribution in [0.3, 0.4) is 0 Å². The van der Waals surface area contributed by atoms with Gasteiger partial charge in [0.1, 0.15) is 49.4 Å². The third kappa shape index (κ3) is 19.6. The van der Waals surface area contributed by atoms with Gasteiger partial charge in [-0.3, -0.25) is 0 Å². The maximum absolute atomic E-state index is 12.5. The zero-order valence-corrected chi connectivity index (χ0v) is 45.5. The fourth-order valence-electron chi connectivity index (χ4n) is 8.48. The van der Waals surface area contributed by atoms with Gasteiger partial charge in [0.2, 0.25) is 0 Å². The van der Waals surface area contributed by atoms with Crippen LogP contribution in [0.2, 0.25) is 0 Å². The van der Waals surface area contributed by atoms with Gasteiger partial charge >= 0.3 is 24.1 Å². The van der Waals surface area contributed by atoms with Crippen molar-refractivity contribution in [3.05, 3.63) is 263 Å². The van der Waals surface area contributed by atoms with Crippen LogP contribution < -0.4 is 61.5 Å². The average molecular weight is 1100 g/mol. The van der Waals surface area contributed by atoms with Crippen LogP contribution in [-0.4, -0.2) is 76.7 Å². The number of amides is 8. The highest BCUT2D eigenvalue weighted by atomic mass is 16.5. The molecule has 0 aliphatic carbocycles. The monoisotopic (exact) mass is 1100 g/mol. The van der Waals surface area contributed by atoms with Gasteiger partial charge < -0.3 is 61.5 Å². The molecule has 0 unspecified atom stereocenters. The number of hydrogen-bond donors (Lipinski definition) is 8. The smallest absolute Gasteiger partial charge is 0.315 e.